The molecule has 1 aliphatic heterocycles. The molecule has 2 aliphatic rings. The van der Waals surface area contributed by atoms with Gasteiger partial charge in [0, 0.05) is 17.7 Å². The van der Waals surface area contributed by atoms with E-state index in [1.165, 1.54) is 0 Å². The van der Waals surface area contributed by atoms with E-state index in [9.17, 15) is 14.7 Å². The van der Waals surface area contributed by atoms with Gasteiger partial charge in [-0.05, 0) is 38.5 Å². The fraction of sp³-hybridized carbons (Fsp3) is 0.389. The summed E-state index contributed by atoms with van der Waals surface area (Å²) in [6.07, 6.45) is 0.353. The number of ether oxygens (including phenoxy) is 1. The van der Waals surface area contributed by atoms with Gasteiger partial charge in [0.05, 0.1) is 23.2 Å². The molecule has 0 radical (unpaired) electrons. The van der Waals surface area contributed by atoms with E-state index in [0.29, 0.717) is 35.3 Å². The number of nitrogens with zero attached hydrogens (tertiary/aromatic N) is 1. The van der Waals surface area contributed by atoms with Gasteiger partial charge in [0.2, 0.25) is 0 Å². The predicted molar refractivity (Wildman–Crippen MR) is 85.1 cm³/mol. The number of benzene rings is 1. The summed E-state index contributed by atoms with van der Waals surface area (Å²) in [7, 11) is 0. The molecule has 0 bridgehead atoms. The first kappa shape index (κ1) is 16.2. The van der Waals surface area contributed by atoms with Crippen LogP contribution in [-0.2, 0) is 9.59 Å². The van der Waals surface area contributed by atoms with Gasteiger partial charge in [0.1, 0.15) is 17.5 Å². The summed E-state index contributed by atoms with van der Waals surface area (Å²) in [5, 5.41) is 23.0. The molecule has 2 N–H and O–H groups in total. The van der Waals surface area contributed by atoms with Crippen molar-refractivity contribution in [3.8, 4) is 11.8 Å². The molecule has 6 heteroatoms. The van der Waals surface area contributed by atoms with Crippen LogP contribution in [0.15, 0.2) is 29.5 Å². The number of hydrogen-bond donors (Lipinski definition) is 2. The average Bonchev–Trinajstić information content (AvgIpc) is 2.91. The Morgan fingerprint density at radius 1 is 1.42 bits per heavy atom. The Hall–Kier alpha value is -2.65. The molecule has 0 amide bonds. The Labute approximate surface area is 139 Å². The molecule has 24 heavy (non-hydrogen) atoms. The van der Waals surface area contributed by atoms with Crippen molar-refractivity contribution in [2.75, 3.05) is 0 Å². The Kier molecular flexibility index (Phi) is 3.90. The number of aliphatic hydroxyl groups excluding tert-OH is 1. The van der Waals surface area contributed by atoms with Gasteiger partial charge < -0.3 is 15.2 Å². The molecule has 124 valence electrons. The fourth-order valence-electron chi connectivity index (χ4n) is 3.18. The average molecular weight is 326 g/mol. The number of hydrogen-bond acceptors (Lipinski definition) is 6. The zero-order valence-electron chi connectivity index (χ0n) is 13.5. The van der Waals surface area contributed by atoms with Gasteiger partial charge in [0.25, 0.3) is 0 Å². The minimum absolute atomic E-state index is 0.129. The minimum atomic E-state index is -0.921. The molecule has 1 heterocycles. The van der Waals surface area contributed by atoms with Crippen LogP contribution in [0.4, 0.5) is 0 Å². The first-order valence-corrected chi connectivity index (χ1v) is 7.76. The van der Waals surface area contributed by atoms with Crippen LogP contribution in [0.1, 0.15) is 43.9 Å². The van der Waals surface area contributed by atoms with Crippen molar-refractivity contribution in [1.82, 2.24) is 5.32 Å². The Morgan fingerprint density at radius 2 is 2.17 bits per heavy atom. The monoisotopic (exact) mass is 326 g/mol. The lowest BCUT2D eigenvalue weighted by Gasteiger charge is -2.43. The zero-order valence-corrected chi connectivity index (χ0v) is 13.5. The Balaban J connectivity index is 2.06. The van der Waals surface area contributed by atoms with Gasteiger partial charge in [-0.25, -0.2) is 0 Å². The maximum absolute atomic E-state index is 11.8. The topological polar surface area (TPSA) is 99.4 Å². The number of fused-ring (bicyclic) bond motifs is 1. The lowest BCUT2D eigenvalue weighted by molar-refractivity contribution is -0.116. The number of ketones is 1. The molecule has 1 aliphatic carbocycles. The van der Waals surface area contributed by atoms with E-state index in [1.807, 2.05) is 0 Å². The summed E-state index contributed by atoms with van der Waals surface area (Å²) < 4.78 is 5.85. The van der Waals surface area contributed by atoms with E-state index in [0.717, 1.165) is 0 Å². The first-order valence-electron chi connectivity index (χ1n) is 7.76. The van der Waals surface area contributed by atoms with E-state index in [1.54, 1.807) is 32.0 Å². The van der Waals surface area contributed by atoms with E-state index < -0.39 is 17.7 Å². The molecular weight excluding hydrogens is 308 g/mol. The highest BCUT2D eigenvalue weighted by Gasteiger charge is 2.43. The summed E-state index contributed by atoms with van der Waals surface area (Å²) in [6.45, 7) is 3.53. The highest BCUT2D eigenvalue weighted by molar-refractivity contribution is 6.14. The van der Waals surface area contributed by atoms with Crippen LogP contribution in [0.3, 0.4) is 0 Å². The molecule has 0 fully saturated rings. The van der Waals surface area contributed by atoms with Crippen molar-refractivity contribution < 1.29 is 19.4 Å². The van der Waals surface area contributed by atoms with Crippen molar-refractivity contribution in [2.24, 2.45) is 0 Å². The SMILES string of the molecule is CC1(C)Oc2ccc(C#N)cc2[C@@H](NC2=C(C=O)C(=O)CC2)[C@@H]1O. The number of aldehydes is 1. The molecule has 0 spiro atoms. The van der Waals surface area contributed by atoms with Crippen molar-refractivity contribution in [3.05, 3.63) is 40.6 Å². The van der Waals surface area contributed by atoms with Crippen molar-refractivity contribution >= 4 is 12.1 Å². The molecule has 1 aromatic carbocycles. The fourth-order valence-corrected chi connectivity index (χ4v) is 3.18. The molecule has 0 unspecified atom stereocenters. The molecule has 6 nitrogen and oxygen atoms in total. The van der Waals surface area contributed by atoms with Gasteiger partial charge in [-0.1, -0.05) is 0 Å². The molecule has 0 saturated heterocycles. The van der Waals surface area contributed by atoms with Crippen molar-refractivity contribution in [3.63, 3.8) is 0 Å². The van der Waals surface area contributed by atoms with Crippen LogP contribution in [-0.4, -0.2) is 28.9 Å². The normalized spacial score (nSPS) is 24.8. The Morgan fingerprint density at radius 3 is 2.83 bits per heavy atom. The molecule has 1 aromatic rings. The molecule has 0 saturated carbocycles. The standard InChI is InChI=1S/C18H18N2O4/c1-18(2)17(23)16(20-13-4-5-14(22)12(13)9-21)11-7-10(8-19)3-6-15(11)24-18/h3,6-7,9,16-17,20,23H,4-5H2,1-2H3/t16-,17+/m1/s1. The van der Waals surface area contributed by atoms with Crippen LogP contribution in [0, 0.1) is 11.3 Å². The molecule has 2 atom stereocenters. The molecular formula is C18H18N2O4. The highest BCUT2D eigenvalue weighted by atomic mass is 16.5. The second kappa shape index (κ2) is 5.77. The minimum Gasteiger partial charge on any atom is -0.485 e. The maximum atomic E-state index is 11.8. The number of allylic oxidation sites excluding steroid dienone is 2. The lowest BCUT2D eigenvalue weighted by atomic mass is 9.85. The van der Waals surface area contributed by atoms with Crippen LogP contribution in [0.5, 0.6) is 5.75 Å². The van der Waals surface area contributed by atoms with Crippen molar-refractivity contribution in [2.45, 2.75) is 44.4 Å². The highest BCUT2D eigenvalue weighted by Crippen LogP contribution is 2.41. The summed E-state index contributed by atoms with van der Waals surface area (Å²) >= 11 is 0. The van der Waals surface area contributed by atoms with Gasteiger partial charge >= 0.3 is 0 Å². The lowest BCUT2D eigenvalue weighted by Crippen LogP contribution is -2.52. The second-order valence-corrected chi connectivity index (χ2v) is 6.57. The number of nitrogens with one attached hydrogen (secondary N) is 1. The van der Waals surface area contributed by atoms with Gasteiger partial charge in [0.15, 0.2) is 12.1 Å². The third-order valence-corrected chi connectivity index (χ3v) is 4.55. The van der Waals surface area contributed by atoms with Gasteiger partial charge in [-0.15, -0.1) is 0 Å². The van der Waals surface area contributed by atoms with E-state index in [2.05, 4.69) is 11.4 Å². The number of aliphatic hydroxyl groups is 1. The summed E-state index contributed by atoms with van der Waals surface area (Å²) in [5.74, 6) is 0.374. The summed E-state index contributed by atoms with van der Waals surface area (Å²) in [4.78, 5) is 22.9. The summed E-state index contributed by atoms with van der Waals surface area (Å²) in [6, 6.07) is 6.50. The van der Waals surface area contributed by atoms with E-state index in [-0.39, 0.29) is 17.8 Å². The largest absolute Gasteiger partial charge is 0.485 e. The second-order valence-electron chi connectivity index (χ2n) is 6.57. The van der Waals surface area contributed by atoms with E-state index in [4.69, 9.17) is 10.00 Å². The third-order valence-electron chi connectivity index (χ3n) is 4.55. The molecule has 0 aromatic heterocycles. The van der Waals surface area contributed by atoms with Crippen molar-refractivity contribution in [1.29, 1.82) is 5.26 Å². The van der Waals surface area contributed by atoms with Gasteiger partial charge in [-0.3, -0.25) is 9.59 Å². The van der Waals surface area contributed by atoms with Gasteiger partial charge in [-0.2, -0.15) is 5.26 Å². The molecule has 3 rings (SSSR count). The zero-order chi connectivity index (χ0) is 17.5. The third kappa shape index (κ3) is 2.57. The first-order chi connectivity index (χ1) is 11.4. The smallest absolute Gasteiger partial charge is 0.168 e. The van der Waals surface area contributed by atoms with Crippen LogP contribution >= 0.6 is 0 Å². The van der Waals surface area contributed by atoms with Crippen LogP contribution < -0.4 is 10.1 Å². The number of carbonyl (C=O) groups excluding carboxylic acids is 2. The number of carbonyl (C=O) groups is 2. The van der Waals surface area contributed by atoms with Crippen LogP contribution in [0.2, 0.25) is 0 Å². The quantitative estimate of drug-likeness (QED) is 0.645. The maximum Gasteiger partial charge on any atom is 0.168 e. The van der Waals surface area contributed by atoms with Crippen LogP contribution in [0.25, 0.3) is 0 Å². The number of nitriles is 1. The predicted octanol–water partition coefficient (Wildman–Crippen LogP) is 1.54. The number of Topliss-reactive ketones (excluding diaryl/α,β-unsaturated/α-hetero) is 1. The number of rotatable bonds is 3. The van der Waals surface area contributed by atoms with E-state index >= 15 is 0 Å². The summed E-state index contributed by atoms with van der Waals surface area (Å²) in [5.41, 5.74) is 0.888. The Bertz CT molecular complexity index is 789.